The maximum absolute atomic E-state index is 13.5. The van der Waals surface area contributed by atoms with Gasteiger partial charge in [-0.25, -0.2) is 9.37 Å². The van der Waals surface area contributed by atoms with Crippen LogP contribution in [0.2, 0.25) is 0 Å². The van der Waals surface area contributed by atoms with E-state index in [0.717, 1.165) is 0 Å². The monoisotopic (exact) mass is 495 g/mol. The van der Waals surface area contributed by atoms with E-state index in [2.05, 4.69) is 10.3 Å². The van der Waals surface area contributed by atoms with Crippen LogP contribution < -0.4 is 29.2 Å². The molecule has 0 spiro atoms. The van der Waals surface area contributed by atoms with E-state index in [9.17, 15) is 14.0 Å². The first-order valence-corrected chi connectivity index (χ1v) is 11.2. The third-order valence-electron chi connectivity index (χ3n) is 5.77. The fourth-order valence-electron chi connectivity index (χ4n) is 3.98. The molecule has 1 aliphatic rings. The number of hydrogen-bond donors (Lipinski definition) is 1. The van der Waals surface area contributed by atoms with Gasteiger partial charge in [0.1, 0.15) is 11.6 Å². The lowest BCUT2D eigenvalue weighted by atomic mass is 10.1. The van der Waals surface area contributed by atoms with Gasteiger partial charge in [-0.2, -0.15) is 0 Å². The minimum atomic E-state index is -0.555. The Morgan fingerprint density at radius 1 is 1.08 bits per heavy atom. The van der Waals surface area contributed by atoms with Crippen LogP contribution in [0, 0.1) is 11.7 Å². The largest absolute Gasteiger partial charge is 0.493 e. The van der Waals surface area contributed by atoms with Gasteiger partial charge in [0.2, 0.25) is 23.4 Å². The average molecular weight is 496 g/mol. The van der Waals surface area contributed by atoms with E-state index >= 15 is 0 Å². The summed E-state index contributed by atoms with van der Waals surface area (Å²) >= 11 is 0. The summed E-state index contributed by atoms with van der Waals surface area (Å²) in [6.45, 7) is 0.329. The zero-order valence-electron chi connectivity index (χ0n) is 20.1. The van der Waals surface area contributed by atoms with E-state index in [1.807, 2.05) is 0 Å². The Morgan fingerprint density at radius 2 is 1.83 bits per heavy atom. The Morgan fingerprint density at radius 3 is 2.50 bits per heavy atom. The molecule has 10 heteroatoms. The standard InChI is InChI=1S/C26H26FN3O6/c1-33-21-12-19(13-22(34-2)24(21)35-3)30-15-17(10-23(30)31)25(32)29-14-16-6-5-9-28-26(16)36-20-8-4-7-18(27)11-20/h4-9,11-13,17H,10,14-15H2,1-3H3,(H,29,32). The molecule has 0 bridgehead atoms. The van der Waals surface area contributed by atoms with Gasteiger partial charge in [-0.3, -0.25) is 9.59 Å². The highest BCUT2D eigenvalue weighted by molar-refractivity contribution is 6.00. The number of halogens is 1. The fraction of sp³-hybridized carbons (Fsp3) is 0.269. The van der Waals surface area contributed by atoms with Crippen LogP contribution in [0.15, 0.2) is 54.7 Å². The highest BCUT2D eigenvalue weighted by Crippen LogP contribution is 2.42. The van der Waals surface area contributed by atoms with Crippen LogP contribution >= 0.6 is 0 Å². The van der Waals surface area contributed by atoms with Crippen molar-refractivity contribution < 1.29 is 32.9 Å². The van der Waals surface area contributed by atoms with Gasteiger partial charge in [-0.15, -0.1) is 0 Å². The molecule has 2 heterocycles. The molecule has 1 fully saturated rings. The van der Waals surface area contributed by atoms with Gasteiger partial charge in [0, 0.05) is 49.5 Å². The SMILES string of the molecule is COc1cc(N2CC(C(=O)NCc3cccnc3Oc3cccc(F)c3)CC2=O)cc(OC)c1OC. The number of anilines is 1. The smallest absolute Gasteiger partial charge is 0.227 e. The van der Waals surface area contributed by atoms with Crippen molar-refractivity contribution in [3.8, 4) is 28.9 Å². The summed E-state index contributed by atoms with van der Waals surface area (Å²) in [5.41, 5.74) is 1.16. The maximum Gasteiger partial charge on any atom is 0.227 e. The number of aromatic nitrogens is 1. The van der Waals surface area contributed by atoms with Crippen LogP contribution in [-0.4, -0.2) is 44.7 Å². The molecule has 2 amide bonds. The van der Waals surface area contributed by atoms with Crippen LogP contribution in [0.3, 0.4) is 0 Å². The molecule has 1 N–H and O–H groups in total. The topological polar surface area (TPSA) is 99.2 Å². The molecule has 188 valence electrons. The minimum absolute atomic E-state index is 0.0577. The maximum atomic E-state index is 13.5. The molecular weight excluding hydrogens is 469 g/mol. The Hall–Kier alpha value is -4.34. The highest BCUT2D eigenvalue weighted by Gasteiger charge is 2.36. The van der Waals surface area contributed by atoms with E-state index in [4.69, 9.17) is 18.9 Å². The van der Waals surface area contributed by atoms with Gasteiger partial charge in [-0.05, 0) is 18.2 Å². The molecule has 4 rings (SSSR count). The zero-order valence-corrected chi connectivity index (χ0v) is 20.1. The summed E-state index contributed by atoms with van der Waals surface area (Å²) in [6, 6.07) is 12.5. The van der Waals surface area contributed by atoms with Gasteiger partial charge in [0.05, 0.1) is 32.9 Å². The number of ether oxygens (including phenoxy) is 4. The van der Waals surface area contributed by atoms with Crippen LogP contribution in [0.1, 0.15) is 12.0 Å². The first-order valence-electron chi connectivity index (χ1n) is 11.2. The molecular formula is C26H26FN3O6. The van der Waals surface area contributed by atoms with Crippen molar-refractivity contribution in [3.63, 3.8) is 0 Å². The molecule has 1 aromatic heterocycles. The summed E-state index contributed by atoms with van der Waals surface area (Å²) in [5, 5.41) is 2.85. The summed E-state index contributed by atoms with van der Waals surface area (Å²) in [4.78, 5) is 31.4. The molecule has 9 nitrogen and oxygen atoms in total. The van der Waals surface area contributed by atoms with Crippen molar-refractivity contribution in [1.82, 2.24) is 10.3 Å². The predicted octanol–water partition coefficient (Wildman–Crippen LogP) is 3.71. The van der Waals surface area contributed by atoms with Crippen LogP contribution in [0.4, 0.5) is 10.1 Å². The van der Waals surface area contributed by atoms with E-state index in [1.165, 1.54) is 44.4 Å². The summed E-state index contributed by atoms with van der Waals surface area (Å²) in [6.07, 6.45) is 1.60. The third kappa shape index (κ3) is 5.32. The van der Waals surface area contributed by atoms with Crippen molar-refractivity contribution in [2.24, 2.45) is 5.92 Å². The lowest BCUT2D eigenvalue weighted by molar-refractivity contribution is -0.126. The van der Waals surface area contributed by atoms with E-state index in [0.29, 0.717) is 34.2 Å². The third-order valence-corrected chi connectivity index (χ3v) is 5.77. The highest BCUT2D eigenvalue weighted by atomic mass is 19.1. The minimum Gasteiger partial charge on any atom is -0.493 e. The van der Waals surface area contributed by atoms with E-state index < -0.39 is 11.7 Å². The van der Waals surface area contributed by atoms with Gasteiger partial charge < -0.3 is 29.2 Å². The number of rotatable bonds is 9. The molecule has 1 saturated heterocycles. The number of hydrogen-bond acceptors (Lipinski definition) is 7. The van der Waals surface area contributed by atoms with Crippen molar-refractivity contribution in [2.75, 3.05) is 32.8 Å². The summed E-state index contributed by atoms with van der Waals surface area (Å²) in [7, 11) is 4.49. The number of nitrogens with one attached hydrogen (secondary N) is 1. The second kappa shape index (κ2) is 10.9. The predicted molar refractivity (Wildman–Crippen MR) is 129 cm³/mol. The van der Waals surface area contributed by atoms with E-state index in [1.54, 1.807) is 36.5 Å². The number of carbonyl (C=O) groups excluding carboxylic acids is 2. The second-order valence-corrected chi connectivity index (χ2v) is 8.03. The van der Waals surface area contributed by atoms with Gasteiger partial charge in [0.25, 0.3) is 0 Å². The number of benzene rings is 2. The van der Waals surface area contributed by atoms with Gasteiger partial charge in [0.15, 0.2) is 11.5 Å². The lowest BCUT2D eigenvalue weighted by Gasteiger charge is -2.20. The van der Waals surface area contributed by atoms with Crippen LogP contribution in [-0.2, 0) is 16.1 Å². The summed E-state index contributed by atoms with van der Waals surface area (Å²) < 4.78 is 35.3. The number of nitrogens with zero attached hydrogens (tertiary/aromatic N) is 2. The normalized spacial score (nSPS) is 14.9. The Labute approximate surface area is 207 Å². The molecule has 3 aromatic rings. The van der Waals surface area contributed by atoms with Crippen molar-refractivity contribution >= 4 is 17.5 Å². The second-order valence-electron chi connectivity index (χ2n) is 8.03. The molecule has 2 aromatic carbocycles. The molecule has 0 saturated carbocycles. The van der Waals surface area contributed by atoms with Crippen LogP contribution in [0.25, 0.3) is 0 Å². The summed E-state index contributed by atoms with van der Waals surface area (Å²) in [5.74, 6) is 0.331. The Bertz CT molecular complexity index is 1240. The molecule has 1 aliphatic heterocycles. The first kappa shape index (κ1) is 24.8. The molecule has 36 heavy (non-hydrogen) atoms. The van der Waals surface area contributed by atoms with Gasteiger partial charge >= 0.3 is 0 Å². The number of methoxy groups -OCH3 is 3. The van der Waals surface area contributed by atoms with Gasteiger partial charge in [-0.1, -0.05) is 12.1 Å². The van der Waals surface area contributed by atoms with Crippen molar-refractivity contribution in [2.45, 2.75) is 13.0 Å². The zero-order chi connectivity index (χ0) is 25.7. The molecule has 1 atom stereocenters. The van der Waals surface area contributed by atoms with Crippen molar-refractivity contribution in [3.05, 3.63) is 66.1 Å². The fourth-order valence-corrected chi connectivity index (χ4v) is 3.98. The average Bonchev–Trinajstić information content (AvgIpc) is 3.28. The molecule has 0 aliphatic carbocycles. The quantitative estimate of drug-likeness (QED) is 0.483. The lowest BCUT2D eigenvalue weighted by Crippen LogP contribution is -2.32. The number of amides is 2. The Kier molecular flexibility index (Phi) is 7.53. The number of carbonyl (C=O) groups is 2. The number of pyridine rings is 1. The molecule has 1 unspecified atom stereocenters. The Balaban J connectivity index is 1.44. The van der Waals surface area contributed by atoms with E-state index in [-0.39, 0.29) is 37.2 Å². The van der Waals surface area contributed by atoms with Crippen molar-refractivity contribution in [1.29, 1.82) is 0 Å². The van der Waals surface area contributed by atoms with Crippen LogP contribution in [0.5, 0.6) is 28.9 Å². The first-order chi connectivity index (χ1) is 17.4. The molecule has 0 radical (unpaired) electrons.